The average Bonchev–Trinajstić information content (AvgIpc) is 3.75. The van der Waals surface area contributed by atoms with Gasteiger partial charge in [0.05, 0.1) is 0 Å². The Kier molecular flexibility index (Phi) is 4.91. The molecule has 0 saturated carbocycles. The molecule has 0 aliphatic heterocycles. The molecule has 2 heterocycles. The maximum atomic E-state index is 7.59. The highest BCUT2D eigenvalue weighted by Gasteiger charge is 2.45. The highest BCUT2D eigenvalue weighted by atomic mass is 35.5. The van der Waals surface area contributed by atoms with Crippen molar-refractivity contribution in [2.45, 2.75) is 9.75 Å². The third kappa shape index (κ3) is 2.92. The van der Waals surface area contributed by atoms with Gasteiger partial charge in [-0.25, -0.2) is 0 Å². The van der Waals surface area contributed by atoms with Gasteiger partial charge in [-0.05, 0) is 68.8 Å². The first-order valence-corrected chi connectivity index (χ1v) is 15.0. The Hall–Kier alpha value is -3.14. The Morgan fingerprint density at radius 3 is 0.974 bits per heavy atom. The predicted molar refractivity (Wildman–Crippen MR) is 163 cm³/mol. The number of rotatable bonds is 3. The van der Waals surface area contributed by atoms with Crippen LogP contribution in [0.2, 0.25) is 0 Å². The predicted octanol–water partition coefficient (Wildman–Crippen LogP) is 10.5. The van der Waals surface area contributed by atoms with Crippen molar-refractivity contribution >= 4 is 45.9 Å². The second-order valence-corrected chi connectivity index (χ2v) is 13.1. The summed E-state index contributed by atoms with van der Waals surface area (Å²) in [4.78, 5) is 3.31. The molecule has 4 heteroatoms. The number of fused-ring (bicyclic) bond motifs is 6. The third-order valence-electron chi connectivity index (χ3n) is 7.91. The zero-order valence-corrected chi connectivity index (χ0v) is 23.3. The molecule has 38 heavy (non-hydrogen) atoms. The first-order valence-electron chi connectivity index (χ1n) is 12.6. The zero-order chi connectivity index (χ0) is 25.5. The van der Waals surface area contributed by atoms with E-state index in [0.29, 0.717) is 0 Å². The minimum absolute atomic E-state index is 0.687. The van der Waals surface area contributed by atoms with Crippen molar-refractivity contribution in [3.63, 3.8) is 0 Å². The summed E-state index contributed by atoms with van der Waals surface area (Å²) in [6, 6.07) is 42.9. The van der Waals surface area contributed by atoms with Gasteiger partial charge in [0.25, 0.3) is 0 Å². The summed E-state index contributed by atoms with van der Waals surface area (Å²) in [6.45, 7) is 0. The van der Waals surface area contributed by atoms with Crippen LogP contribution in [0.15, 0.2) is 121 Å². The number of halogens is 2. The fourth-order valence-corrected chi connectivity index (χ4v) is 9.55. The molecule has 0 radical (unpaired) electrons. The Balaban J connectivity index is 1.23. The maximum Gasteiger partial charge on any atom is 0.130 e. The average molecular weight is 564 g/mol. The largest absolute Gasteiger partial charge is 0.137 e. The van der Waals surface area contributed by atoms with Gasteiger partial charge in [-0.3, -0.25) is 0 Å². The fraction of sp³-hybridized carbons (Fsp3) is 0.0588. The molecule has 2 aromatic heterocycles. The van der Waals surface area contributed by atoms with Gasteiger partial charge < -0.3 is 0 Å². The van der Waals surface area contributed by atoms with E-state index in [1.165, 1.54) is 32.0 Å². The molecule has 0 saturated heterocycles. The Morgan fingerprint density at radius 1 is 0.368 bits per heavy atom. The molecule has 2 aliphatic rings. The summed E-state index contributed by atoms with van der Waals surface area (Å²) in [5, 5.41) is 0. The van der Waals surface area contributed by atoms with Crippen LogP contribution in [0.4, 0.5) is 0 Å². The quantitative estimate of drug-likeness (QED) is 0.188. The van der Waals surface area contributed by atoms with Crippen molar-refractivity contribution in [1.82, 2.24) is 0 Å². The molecule has 0 nitrogen and oxygen atoms in total. The van der Waals surface area contributed by atoms with Crippen LogP contribution < -0.4 is 0 Å². The normalized spacial score (nSPS) is 15.5. The number of hydrogen-bond acceptors (Lipinski definition) is 2. The summed E-state index contributed by atoms with van der Waals surface area (Å²) in [5.74, 6) is 0. The zero-order valence-electron chi connectivity index (χ0n) is 20.1. The molecule has 0 atom stereocenters. The first kappa shape index (κ1) is 22.8. The van der Waals surface area contributed by atoms with Gasteiger partial charge >= 0.3 is 0 Å². The molecule has 182 valence electrons. The van der Waals surface area contributed by atoms with E-state index in [1.807, 2.05) is 0 Å². The molecular weight excluding hydrogens is 543 g/mol. The first-order chi connectivity index (χ1) is 18.6. The minimum Gasteiger partial charge on any atom is -0.137 e. The molecule has 8 rings (SSSR count). The smallest absolute Gasteiger partial charge is 0.130 e. The van der Waals surface area contributed by atoms with Crippen LogP contribution in [0.25, 0.3) is 32.0 Å². The lowest BCUT2D eigenvalue weighted by atomic mass is 9.94. The van der Waals surface area contributed by atoms with Crippen LogP contribution >= 0.6 is 45.9 Å². The van der Waals surface area contributed by atoms with Crippen LogP contribution in [0, 0.1) is 0 Å². The van der Waals surface area contributed by atoms with Crippen molar-refractivity contribution in [2.24, 2.45) is 0 Å². The lowest BCUT2D eigenvalue weighted by Crippen LogP contribution is -2.17. The van der Waals surface area contributed by atoms with Gasteiger partial charge in [-0.1, -0.05) is 97.1 Å². The second-order valence-electron chi connectivity index (χ2n) is 9.83. The molecule has 0 spiro atoms. The number of thiophene rings is 2. The SMILES string of the molecule is ClC1(c2ccc(-c3ccc(C4(Cl)c5ccccc5-c5ccccc54)s3)s2)c2ccccc2-c2ccccc21. The van der Waals surface area contributed by atoms with E-state index < -0.39 is 9.75 Å². The maximum absolute atomic E-state index is 7.59. The van der Waals surface area contributed by atoms with Crippen LogP contribution in [0.1, 0.15) is 32.0 Å². The molecule has 2 aliphatic carbocycles. The molecular formula is C34H20Cl2S2. The van der Waals surface area contributed by atoms with Crippen LogP contribution in [-0.2, 0) is 9.75 Å². The van der Waals surface area contributed by atoms with Crippen molar-refractivity contribution < 1.29 is 0 Å². The number of alkyl halides is 2. The van der Waals surface area contributed by atoms with E-state index >= 15 is 0 Å². The summed E-state index contributed by atoms with van der Waals surface area (Å²) in [6.07, 6.45) is 0. The summed E-state index contributed by atoms with van der Waals surface area (Å²) >= 11 is 18.7. The second kappa shape index (κ2) is 8.18. The van der Waals surface area contributed by atoms with Gasteiger partial charge in [0, 0.05) is 19.5 Å². The van der Waals surface area contributed by atoms with Crippen molar-refractivity contribution in [1.29, 1.82) is 0 Å². The summed E-state index contributed by atoms with van der Waals surface area (Å²) < 4.78 is 0. The van der Waals surface area contributed by atoms with Gasteiger partial charge in [0.1, 0.15) is 9.75 Å². The lowest BCUT2D eigenvalue weighted by Gasteiger charge is -2.23. The van der Waals surface area contributed by atoms with Crippen LogP contribution in [0.3, 0.4) is 0 Å². The minimum atomic E-state index is -0.687. The van der Waals surface area contributed by atoms with Crippen LogP contribution in [-0.4, -0.2) is 0 Å². The lowest BCUT2D eigenvalue weighted by molar-refractivity contribution is 0.938. The topological polar surface area (TPSA) is 0 Å². The van der Waals surface area contributed by atoms with E-state index in [-0.39, 0.29) is 0 Å². The van der Waals surface area contributed by atoms with Gasteiger partial charge in [0.2, 0.25) is 0 Å². The van der Waals surface area contributed by atoms with E-state index in [9.17, 15) is 0 Å². The summed E-state index contributed by atoms with van der Waals surface area (Å²) in [5.41, 5.74) is 9.49. The monoisotopic (exact) mass is 562 g/mol. The Bertz CT molecular complexity index is 1650. The molecule has 0 unspecified atom stereocenters. The highest BCUT2D eigenvalue weighted by Crippen LogP contribution is 2.59. The van der Waals surface area contributed by atoms with Crippen molar-refractivity contribution in [2.75, 3.05) is 0 Å². The van der Waals surface area contributed by atoms with Crippen molar-refractivity contribution in [3.05, 3.63) is 153 Å². The van der Waals surface area contributed by atoms with Gasteiger partial charge in [0.15, 0.2) is 0 Å². The van der Waals surface area contributed by atoms with Gasteiger partial charge in [-0.2, -0.15) is 0 Å². The molecule has 0 bridgehead atoms. The number of hydrogen-bond donors (Lipinski definition) is 0. The Morgan fingerprint density at radius 2 is 0.658 bits per heavy atom. The molecule has 6 aromatic rings. The molecule has 0 amide bonds. The molecule has 0 fully saturated rings. The van der Waals surface area contributed by atoms with Crippen molar-refractivity contribution in [3.8, 4) is 32.0 Å². The third-order valence-corrected chi connectivity index (χ3v) is 12.0. The standard InChI is InChI=1S/C34H20Cl2S2/c35-33(25-13-5-1-9-21(25)22-10-2-6-14-26(22)33)31-19-17-29(37-31)30-18-20-32(38-30)34(36)27-15-7-3-11-23(27)24-12-4-8-16-28(24)34/h1-20H. The highest BCUT2D eigenvalue weighted by molar-refractivity contribution is 7.22. The van der Waals surface area contributed by atoms with E-state index in [4.69, 9.17) is 23.2 Å². The van der Waals surface area contributed by atoms with E-state index in [1.54, 1.807) is 22.7 Å². The van der Waals surface area contributed by atoms with Gasteiger partial charge in [-0.15, -0.1) is 45.9 Å². The Labute approximate surface area is 239 Å². The van der Waals surface area contributed by atoms with E-state index in [0.717, 1.165) is 32.0 Å². The molecule has 4 aromatic carbocycles. The van der Waals surface area contributed by atoms with Crippen LogP contribution in [0.5, 0.6) is 0 Å². The fourth-order valence-electron chi connectivity index (χ4n) is 6.21. The summed E-state index contributed by atoms with van der Waals surface area (Å²) in [7, 11) is 0. The molecule has 0 N–H and O–H groups in total. The number of benzene rings is 4. The van der Waals surface area contributed by atoms with E-state index in [2.05, 4.69) is 121 Å².